The summed E-state index contributed by atoms with van der Waals surface area (Å²) in [6, 6.07) is 10.5. The van der Waals surface area contributed by atoms with Gasteiger partial charge >= 0.3 is 0 Å². The molecule has 4 nitrogen and oxygen atoms in total. The molecule has 0 radical (unpaired) electrons. The van der Waals surface area contributed by atoms with Gasteiger partial charge in [-0.05, 0) is 54.2 Å². The van der Waals surface area contributed by atoms with Gasteiger partial charge in [0, 0.05) is 24.7 Å². The SMILES string of the molecule is CC1CC(C)CN(Cc2c(O)ccc3c2O/C(=C/c2cccc(Cl)c2)C3=O)C1. The fourth-order valence-corrected chi connectivity index (χ4v) is 4.54. The van der Waals surface area contributed by atoms with Gasteiger partial charge in [0.2, 0.25) is 5.78 Å². The maximum Gasteiger partial charge on any atom is 0.231 e. The van der Waals surface area contributed by atoms with Gasteiger partial charge in [0.05, 0.1) is 11.1 Å². The first kappa shape index (κ1) is 19.0. The lowest BCUT2D eigenvalue weighted by Gasteiger charge is -2.35. The highest BCUT2D eigenvalue weighted by Gasteiger charge is 2.32. The molecule has 2 atom stereocenters. The van der Waals surface area contributed by atoms with Crippen LogP contribution < -0.4 is 4.74 Å². The van der Waals surface area contributed by atoms with E-state index in [2.05, 4.69) is 18.7 Å². The van der Waals surface area contributed by atoms with Gasteiger partial charge in [0.15, 0.2) is 5.76 Å². The highest BCUT2D eigenvalue weighted by Crippen LogP contribution is 2.40. The van der Waals surface area contributed by atoms with E-state index in [1.165, 1.54) is 6.42 Å². The molecule has 2 heterocycles. The molecular formula is C23H24ClNO3. The molecule has 2 unspecified atom stereocenters. The van der Waals surface area contributed by atoms with Crippen LogP contribution in [0.3, 0.4) is 0 Å². The first-order valence-electron chi connectivity index (χ1n) is 9.67. The monoisotopic (exact) mass is 397 g/mol. The summed E-state index contributed by atoms with van der Waals surface area (Å²) in [7, 11) is 0. The molecule has 2 aromatic carbocycles. The fraction of sp³-hybridized carbons (Fsp3) is 0.348. The van der Waals surface area contributed by atoms with Crippen LogP contribution >= 0.6 is 11.6 Å². The van der Waals surface area contributed by atoms with Crippen molar-refractivity contribution in [3.63, 3.8) is 0 Å². The molecule has 5 heteroatoms. The maximum absolute atomic E-state index is 12.8. The summed E-state index contributed by atoms with van der Waals surface area (Å²) < 4.78 is 5.95. The number of phenolic OH excluding ortho intramolecular Hbond substituents is 1. The van der Waals surface area contributed by atoms with Gasteiger partial charge in [-0.3, -0.25) is 9.69 Å². The number of hydrogen-bond donors (Lipinski definition) is 1. The second kappa shape index (κ2) is 7.61. The zero-order chi connectivity index (χ0) is 19.8. The summed E-state index contributed by atoms with van der Waals surface area (Å²) in [5.74, 6) is 1.96. The number of piperidine rings is 1. The summed E-state index contributed by atoms with van der Waals surface area (Å²) in [5, 5.41) is 11.1. The zero-order valence-corrected chi connectivity index (χ0v) is 16.9. The summed E-state index contributed by atoms with van der Waals surface area (Å²) >= 11 is 6.04. The molecule has 0 bridgehead atoms. The van der Waals surface area contributed by atoms with Crippen molar-refractivity contribution in [2.45, 2.75) is 26.8 Å². The van der Waals surface area contributed by atoms with Crippen LogP contribution in [0.5, 0.6) is 11.5 Å². The Balaban J connectivity index is 1.64. The van der Waals surface area contributed by atoms with E-state index in [1.807, 2.05) is 12.1 Å². The van der Waals surface area contributed by atoms with Crippen LogP contribution in [0.1, 0.15) is 41.8 Å². The Morgan fingerprint density at radius 1 is 1.21 bits per heavy atom. The number of benzene rings is 2. The Kier molecular flexibility index (Phi) is 5.17. The number of ketones is 1. The molecule has 0 amide bonds. The molecular weight excluding hydrogens is 374 g/mol. The minimum absolute atomic E-state index is 0.168. The number of Topliss-reactive ketones (excluding diaryl/α,β-unsaturated/α-hetero) is 1. The van der Waals surface area contributed by atoms with Crippen LogP contribution in [-0.4, -0.2) is 28.9 Å². The van der Waals surface area contributed by atoms with E-state index in [9.17, 15) is 9.90 Å². The average molecular weight is 398 g/mol. The molecule has 1 saturated heterocycles. The van der Waals surface area contributed by atoms with E-state index in [0.29, 0.717) is 40.3 Å². The first-order valence-corrected chi connectivity index (χ1v) is 10.1. The van der Waals surface area contributed by atoms with Gasteiger partial charge in [-0.15, -0.1) is 0 Å². The molecule has 0 spiro atoms. The molecule has 4 rings (SSSR count). The summed E-state index contributed by atoms with van der Waals surface area (Å²) in [5.41, 5.74) is 1.98. The molecule has 146 valence electrons. The highest BCUT2D eigenvalue weighted by molar-refractivity contribution is 6.30. The van der Waals surface area contributed by atoms with Gasteiger partial charge in [-0.25, -0.2) is 0 Å². The standard InChI is InChI=1S/C23H24ClNO3/c1-14-8-15(2)12-25(11-14)13-19-20(26)7-6-18-22(27)21(28-23(18)19)10-16-4-3-5-17(24)9-16/h3-7,9-10,14-15,26H,8,11-13H2,1-2H3/b21-10+. The number of carbonyl (C=O) groups is 1. The van der Waals surface area contributed by atoms with Crippen molar-refractivity contribution in [3.05, 3.63) is 63.9 Å². The predicted molar refractivity (Wildman–Crippen MR) is 111 cm³/mol. The van der Waals surface area contributed by atoms with Crippen molar-refractivity contribution in [2.24, 2.45) is 11.8 Å². The molecule has 0 saturated carbocycles. The topological polar surface area (TPSA) is 49.8 Å². The molecule has 2 aromatic rings. The minimum atomic E-state index is -0.170. The van der Waals surface area contributed by atoms with E-state index >= 15 is 0 Å². The number of aromatic hydroxyl groups is 1. The van der Waals surface area contributed by atoms with Crippen LogP contribution in [0.2, 0.25) is 5.02 Å². The third kappa shape index (κ3) is 3.80. The minimum Gasteiger partial charge on any atom is -0.507 e. The van der Waals surface area contributed by atoms with Crippen LogP contribution in [-0.2, 0) is 6.54 Å². The van der Waals surface area contributed by atoms with Crippen LogP contribution in [0.4, 0.5) is 0 Å². The van der Waals surface area contributed by atoms with Gasteiger partial charge in [0.25, 0.3) is 0 Å². The van der Waals surface area contributed by atoms with E-state index in [0.717, 1.165) is 18.7 Å². The summed E-state index contributed by atoms with van der Waals surface area (Å²) in [6.07, 6.45) is 2.91. The lowest BCUT2D eigenvalue weighted by Crippen LogP contribution is -2.38. The molecule has 0 aromatic heterocycles. The number of halogens is 1. The quantitative estimate of drug-likeness (QED) is 0.728. The molecule has 28 heavy (non-hydrogen) atoms. The normalized spacial score (nSPS) is 23.7. The molecule has 2 aliphatic heterocycles. The van der Waals surface area contributed by atoms with Crippen LogP contribution in [0.25, 0.3) is 6.08 Å². The van der Waals surface area contributed by atoms with Gasteiger partial charge in [-0.2, -0.15) is 0 Å². The number of carbonyl (C=O) groups excluding carboxylic acids is 1. The number of nitrogens with zero attached hydrogens (tertiary/aromatic N) is 1. The maximum atomic E-state index is 12.8. The Bertz CT molecular complexity index is 943. The van der Waals surface area contributed by atoms with Gasteiger partial charge in [0.1, 0.15) is 11.5 Å². The third-order valence-corrected chi connectivity index (χ3v) is 5.62. The number of ether oxygens (including phenoxy) is 1. The molecule has 1 N–H and O–H groups in total. The number of fused-ring (bicyclic) bond motifs is 1. The first-order chi connectivity index (χ1) is 13.4. The van der Waals surface area contributed by atoms with Crippen molar-refractivity contribution in [1.82, 2.24) is 4.90 Å². The highest BCUT2D eigenvalue weighted by atomic mass is 35.5. The average Bonchev–Trinajstić information content (AvgIpc) is 2.93. The summed E-state index contributed by atoms with van der Waals surface area (Å²) in [4.78, 5) is 15.2. The largest absolute Gasteiger partial charge is 0.507 e. The number of hydrogen-bond acceptors (Lipinski definition) is 4. The van der Waals surface area contributed by atoms with Crippen molar-refractivity contribution >= 4 is 23.5 Å². The third-order valence-electron chi connectivity index (χ3n) is 5.39. The second-order valence-electron chi connectivity index (χ2n) is 8.07. The Labute approximate surface area is 170 Å². The Morgan fingerprint density at radius 3 is 2.68 bits per heavy atom. The van der Waals surface area contributed by atoms with Crippen LogP contribution in [0, 0.1) is 11.8 Å². The van der Waals surface area contributed by atoms with Crippen molar-refractivity contribution in [3.8, 4) is 11.5 Å². The Morgan fingerprint density at radius 2 is 1.96 bits per heavy atom. The Hall–Kier alpha value is -2.30. The van der Waals surface area contributed by atoms with Crippen molar-refractivity contribution in [1.29, 1.82) is 0 Å². The van der Waals surface area contributed by atoms with Crippen LogP contribution in [0.15, 0.2) is 42.2 Å². The van der Waals surface area contributed by atoms with Gasteiger partial charge < -0.3 is 9.84 Å². The van der Waals surface area contributed by atoms with E-state index in [1.54, 1.807) is 30.3 Å². The predicted octanol–water partition coefficient (Wildman–Crippen LogP) is 5.14. The zero-order valence-electron chi connectivity index (χ0n) is 16.1. The smallest absolute Gasteiger partial charge is 0.231 e. The van der Waals surface area contributed by atoms with E-state index < -0.39 is 0 Å². The summed E-state index contributed by atoms with van der Waals surface area (Å²) in [6.45, 7) is 7.04. The second-order valence-corrected chi connectivity index (χ2v) is 8.51. The number of likely N-dealkylation sites (tertiary alicyclic amines) is 1. The van der Waals surface area contributed by atoms with E-state index in [-0.39, 0.29) is 17.3 Å². The lowest BCUT2D eigenvalue weighted by molar-refractivity contribution is 0.101. The fourth-order valence-electron chi connectivity index (χ4n) is 4.34. The molecule has 1 fully saturated rings. The number of rotatable bonds is 3. The number of phenols is 1. The van der Waals surface area contributed by atoms with Crippen molar-refractivity contribution < 1.29 is 14.6 Å². The molecule has 2 aliphatic rings. The van der Waals surface area contributed by atoms with Gasteiger partial charge in [-0.1, -0.05) is 37.6 Å². The molecule has 0 aliphatic carbocycles. The van der Waals surface area contributed by atoms with Crippen molar-refractivity contribution in [2.75, 3.05) is 13.1 Å². The number of allylic oxidation sites excluding steroid dienone is 1. The van der Waals surface area contributed by atoms with E-state index in [4.69, 9.17) is 16.3 Å². The lowest BCUT2D eigenvalue weighted by atomic mass is 9.91.